The first-order valence-corrected chi connectivity index (χ1v) is 4.88. The summed E-state index contributed by atoms with van der Waals surface area (Å²) < 4.78 is 13.5. The summed E-state index contributed by atoms with van der Waals surface area (Å²) in [6, 6.07) is 1.39. The van der Waals surface area contributed by atoms with Crippen molar-refractivity contribution in [2.24, 2.45) is 27.2 Å². The van der Waals surface area contributed by atoms with Crippen LogP contribution in [0.1, 0.15) is 10.4 Å². The fourth-order valence-electron chi connectivity index (χ4n) is 1.29. The Bertz CT molecular complexity index is 638. The summed E-state index contributed by atoms with van der Waals surface area (Å²) in [6.07, 6.45) is 0. The van der Waals surface area contributed by atoms with Gasteiger partial charge in [-0.2, -0.15) is 4.99 Å². The number of nitro benzene ring substituents is 1. The molecule has 0 unspecified atom stereocenters. The van der Waals surface area contributed by atoms with E-state index in [1.54, 1.807) is 0 Å². The first kappa shape index (κ1) is 14.8. The van der Waals surface area contributed by atoms with Crippen LogP contribution in [0.25, 0.3) is 0 Å². The minimum atomic E-state index is -1.75. The van der Waals surface area contributed by atoms with Gasteiger partial charge in [-0.3, -0.25) is 10.1 Å². The number of carbonyl (C=O) groups is 1. The molecule has 0 aromatic heterocycles. The molecule has 0 saturated heterocycles. The van der Waals surface area contributed by atoms with Gasteiger partial charge < -0.3 is 22.3 Å². The molecule has 1 aromatic rings. The molecule has 0 saturated carbocycles. The second kappa shape index (κ2) is 5.60. The van der Waals surface area contributed by atoms with E-state index in [0.717, 1.165) is 6.07 Å². The lowest BCUT2D eigenvalue weighted by Gasteiger charge is -2.04. The Labute approximate surface area is 110 Å². The SMILES string of the molecule is NC(N)=NC(N)=Nc1c([N+](=O)[O-])ccc(F)c1C(=O)O. The van der Waals surface area contributed by atoms with E-state index in [4.69, 9.17) is 22.3 Å². The number of hydrogen-bond donors (Lipinski definition) is 4. The van der Waals surface area contributed by atoms with Crippen molar-refractivity contribution in [1.29, 1.82) is 0 Å². The summed E-state index contributed by atoms with van der Waals surface area (Å²) in [5.41, 5.74) is 12.7. The summed E-state index contributed by atoms with van der Waals surface area (Å²) in [7, 11) is 0. The Balaban J connectivity index is 3.64. The maximum absolute atomic E-state index is 13.5. The van der Waals surface area contributed by atoms with E-state index in [1.807, 2.05) is 0 Å². The van der Waals surface area contributed by atoms with Crippen LogP contribution in [0.3, 0.4) is 0 Å². The molecule has 0 aliphatic carbocycles. The molecule has 106 valence electrons. The number of aliphatic imine (C=N–C) groups is 2. The molecule has 0 aliphatic heterocycles. The van der Waals surface area contributed by atoms with Crippen molar-refractivity contribution in [2.75, 3.05) is 0 Å². The number of hydrogen-bond acceptors (Lipinski definition) is 4. The zero-order valence-electron chi connectivity index (χ0n) is 9.78. The van der Waals surface area contributed by atoms with Gasteiger partial charge in [0.2, 0.25) is 5.96 Å². The molecule has 0 atom stereocenters. The Morgan fingerprint density at radius 3 is 2.40 bits per heavy atom. The molecule has 0 bridgehead atoms. The minimum Gasteiger partial charge on any atom is -0.478 e. The average molecular weight is 284 g/mol. The van der Waals surface area contributed by atoms with Crippen LogP contribution >= 0.6 is 0 Å². The van der Waals surface area contributed by atoms with Gasteiger partial charge in [0.25, 0.3) is 5.69 Å². The van der Waals surface area contributed by atoms with Crippen molar-refractivity contribution in [3.05, 3.63) is 33.6 Å². The molecule has 0 heterocycles. The second-order valence-electron chi connectivity index (χ2n) is 3.36. The summed E-state index contributed by atoms with van der Waals surface area (Å²) in [5, 5.41) is 19.7. The highest BCUT2D eigenvalue weighted by Gasteiger charge is 2.25. The van der Waals surface area contributed by atoms with Crippen LogP contribution < -0.4 is 17.2 Å². The van der Waals surface area contributed by atoms with Crippen molar-refractivity contribution in [3.8, 4) is 0 Å². The molecule has 11 heteroatoms. The predicted octanol–water partition coefficient (Wildman–Crippen LogP) is -0.348. The standard InChI is InChI=1S/C9H9FN6O4/c10-3-1-2-4(16(19)20)6(5(3)7(17)18)14-9(13)15-8(11)12/h1-2H,(H,17,18)(H6,11,12,13,14,15). The third kappa shape index (κ3) is 3.16. The number of nitrogens with zero attached hydrogens (tertiary/aromatic N) is 3. The highest BCUT2D eigenvalue weighted by atomic mass is 19.1. The third-order valence-electron chi connectivity index (χ3n) is 1.99. The summed E-state index contributed by atoms with van der Waals surface area (Å²) in [4.78, 5) is 27.5. The zero-order valence-corrected chi connectivity index (χ0v) is 9.78. The predicted molar refractivity (Wildman–Crippen MR) is 67.1 cm³/mol. The van der Waals surface area contributed by atoms with Crippen LogP contribution in [0.4, 0.5) is 15.8 Å². The largest absolute Gasteiger partial charge is 0.478 e. The lowest BCUT2D eigenvalue weighted by Crippen LogP contribution is -2.26. The van der Waals surface area contributed by atoms with Gasteiger partial charge in [0.15, 0.2) is 11.6 Å². The topological polar surface area (TPSA) is 183 Å². The fraction of sp³-hybridized carbons (Fsp3) is 0. The van der Waals surface area contributed by atoms with Crippen LogP contribution in [0.5, 0.6) is 0 Å². The number of halogens is 1. The number of nitro groups is 1. The molecule has 10 nitrogen and oxygen atoms in total. The van der Waals surface area contributed by atoms with Crippen molar-refractivity contribution >= 4 is 29.3 Å². The molecule has 0 spiro atoms. The Morgan fingerprint density at radius 2 is 1.95 bits per heavy atom. The highest BCUT2D eigenvalue weighted by molar-refractivity contribution is 6.00. The maximum Gasteiger partial charge on any atom is 0.341 e. The smallest absolute Gasteiger partial charge is 0.341 e. The van der Waals surface area contributed by atoms with Crippen LogP contribution in [0.15, 0.2) is 22.1 Å². The van der Waals surface area contributed by atoms with E-state index in [-0.39, 0.29) is 0 Å². The Morgan fingerprint density at radius 1 is 1.35 bits per heavy atom. The zero-order chi connectivity index (χ0) is 15.4. The molecule has 1 aromatic carbocycles. The Kier molecular flexibility index (Phi) is 4.15. The van der Waals surface area contributed by atoms with Gasteiger partial charge in [-0.05, 0) is 6.07 Å². The third-order valence-corrected chi connectivity index (χ3v) is 1.99. The van der Waals surface area contributed by atoms with E-state index in [2.05, 4.69) is 9.98 Å². The van der Waals surface area contributed by atoms with Crippen LogP contribution in [0, 0.1) is 15.9 Å². The van der Waals surface area contributed by atoms with E-state index in [1.165, 1.54) is 0 Å². The number of carboxylic acids is 1. The number of nitrogens with two attached hydrogens (primary N) is 3. The minimum absolute atomic E-state index is 0.498. The van der Waals surface area contributed by atoms with E-state index >= 15 is 0 Å². The fourth-order valence-corrected chi connectivity index (χ4v) is 1.29. The number of rotatable bonds is 3. The maximum atomic E-state index is 13.5. The first-order chi connectivity index (χ1) is 9.23. The quantitative estimate of drug-likeness (QED) is 0.253. The molecule has 0 fully saturated rings. The second-order valence-corrected chi connectivity index (χ2v) is 3.36. The molecule has 0 radical (unpaired) electrons. The molecule has 20 heavy (non-hydrogen) atoms. The molecule has 0 aliphatic rings. The van der Waals surface area contributed by atoms with Crippen molar-refractivity contribution in [2.45, 2.75) is 0 Å². The molecule has 7 N–H and O–H groups in total. The first-order valence-electron chi connectivity index (χ1n) is 4.88. The number of benzene rings is 1. The van der Waals surface area contributed by atoms with E-state index in [0.29, 0.717) is 6.07 Å². The van der Waals surface area contributed by atoms with Gasteiger partial charge in [0.05, 0.1) is 4.92 Å². The normalized spacial score (nSPS) is 10.9. The number of guanidine groups is 2. The molecule has 1 rings (SSSR count). The number of carboxylic acid groups (broad SMARTS) is 1. The van der Waals surface area contributed by atoms with Gasteiger partial charge >= 0.3 is 5.97 Å². The van der Waals surface area contributed by atoms with Crippen LogP contribution in [0.2, 0.25) is 0 Å². The van der Waals surface area contributed by atoms with Crippen LogP contribution in [-0.4, -0.2) is 27.9 Å². The summed E-state index contributed by atoms with van der Waals surface area (Å²) in [6.45, 7) is 0. The molecular weight excluding hydrogens is 275 g/mol. The van der Waals surface area contributed by atoms with Gasteiger partial charge in [0.1, 0.15) is 11.4 Å². The lowest BCUT2D eigenvalue weighted by molar-refractivity contribution is -0.384. The van der Waals surface area contributed by atoms with Gasteiger partial charge in [-0.15, -0.1) is 0 Å². The van der Waals surface area contributed by atoms with E-state index in [9.17, 15) is 19.3 Å². The van der Waals surface area contributed by atoms with E-state index < -0.39 is 45.6 Å². The molecular formula is C9H9FN6O4. The Hall–Kier alpha value is -3.24. The number of aromatic carboxylic acids is 1. The van der Waals surface area contributed by atoms with Crippen molar-refractivity contribution < 1.29 is 19.2 Å². The van der Waals surface area contributed by atoms with Crippen molar-refractivity contribution in [3.63, 3.8) is 0 Å². The highest BCUT2D eigenvalue weighted by Crippen LogP contribution is 2.33. The van der Waals surface area contributed by atoms with Gasteiger partial charge in [-0.1, -0.05) is 0 Å². The van der Waals surface area contributed by atoms with Crippen LogP contribution in [-0.2, 0) is 0 Å². The van der Waals surface area contributed by atoms with Crippen molar-refractivity contribution in [1.82, 2.24) is 0 Å². The van der Waals surface area contributed by atoms with Gasteiger partial charge in [0, 0.05) is 6.07 Å². The van der Waals surface area contributed by atoms with Gasteiger partial charge in [-0.25, -0.2) is 14.2 Å². The lowest BCUT2D eigenvalue weighted by atomic mass is 10.1. The summed E-state index contributed by atoms with van der Waals surface area (Å²) >= 11 is 0. The monoisotopic (exact) mass is 284 g/mol. The average Bonchev–Trinajstić information content (AvgIpc) is 2.26. The molecule has 0 amide bonds. The summed E-state index contributed by atoms with van der Waals surface area (Å²) in [5.74, 6) is -4.11.